The molecular weight excluding hydrogens is 259 g/mol. The molecule has 1 aromatic heterocycles. The molecule has 0 spiro atoms. The minimum absolute atomic E-state index is 0.0211. The van der Waals surface area contributed by atoms with Gasteiger partial charge >= 0.3 is 74.4 Å². The van der Waals surface area contributed by atoms with Gasteiger partial charge in [-0.25, -0.2) is 0 Å². The summed E-state index contributed by atoms with van der Waals surface area (Å²) in [5.41, 5.74) is 0.820. The maximum atomic E-state index is 8.65. The number of rotatable bonds is 1. The zero-order valence-electron chi connectivity index (χ0n) is 5.68. The number of nitrogens with zero attached hydrogens (tertiary/aromatic N) is 2. The average molecular weight is 265 g/mol. The van der Waals surface area contributed by atoms with Gasteiger partial charge in [-0.3, -0.25) is 0 Å². The zero-order chi connectivity index (χ0) is 7.56. The fourth-order valence-electron chi connectivity index (χ4n) is 0.599. The van der Waals surface area contributed by atoms with Gasteiger partial charge in [-0.15, -0.1) is 0 Å². The molecule has 0 aliphatic carbocycles. The van der Waals surface area contributed by atoms with Gasteiger partial charge in [-0.05, 0) is 0 Å². The Kier molecular flexibility index (Phi) is 2.63. The van der Waals surface area contributed by atoms with Crippen molar-refractivity contribution < 1.29 is 21.2 Å². The average Bonchev–Trinajstić information content (AvgIpc) is 2.30. The maximum absolute atomic E-state index is 8.65. The molecule has 0 saturated carbocycles. The number of aryl methyl sites for hydroxylation is 1. The van der Waals surface area contributed by atoms with Crippen LogP contribution < -0.4 is 21.2 Å². The second kappa shape index (κ2) is 3.30. The normalized spacial score (nSPS) is 9.70. The number of halogens is 1. The van der Waals surface area contributed by atoms with E-state index in [0.29, 0.717) is 0 Å². The van der Waals surface area contributed by atoms with Crippen LogP contribution in [0, 0.1) is 22.0 Å². The summed E-state index contributed by atoms with van der Waals surface area (Å²) in [7, 11) is 0. The van der Waals surface area contributed by atoms with E-state index in [1.807, 2.05) is 6.92 Å². The predicted molar refractivity (Wildman–Crippen MR) is 36.2 cm³/mol. The van der Waals surface area contributed by atoms with Crippen molar-refractivity contribution in [1.82, 2.24) is 4.37 Å². The van der Waals surface area contributed by atoms with E-state index in [-0.39, 0.29) is 21.2 Å². The van der Waals surface area contributed by atoms with Gasteiger partial charge in [-0.2, -0.15) is 0 Å². The number of hydrogen-bond donors (Lipinski definition) is 0. The van der Waals surface area contributed by atoms with E-state index in [1.54, 1.807) is 0 Å². The molecule has 2 nitrogen and oxygen atoms in total. The number of alkyl halides is 1. The molecular formula is C6H6IN2S-. The van der Waals surface area contributed by atoms with E-state index in [0.717, 1.165) is 14.1 Å². The molecule has 1 rings (SSSR count). The molecule has 4 heteroatoms. The van der Waals surface area contributed by atoms with Gasteiger partial charge in [0.15, 0.2) is 0 Å². The van der Waals surface area contributed by atoms with Crippen molar-refractivity contribution in [2.75, 3.05) is 4.93 Å². The van der Waals surface area contributed by atoms with Crippen LogP contribution in [0.4, 0.5) is 0 Å². The van der Waals surface area contributed by atoms with E-state index in [2.05, 4.69) is 15.4 Å². The molecule has 0 amide bonds. The van der Waals surface area contributed by atoms with Crippen LogP contribution in [0.1, 0.15) is 10.4 Å². The molecule has 0 bridgehead atoms. The monoisotopic (exact) mass is 265 g/mol. The van der Waals surface area contributed by atoms with Crippen molar-refractivity contribution in [2.45, 2.75) is 6.92 Å². The number of nitriles is 1. The third-order valence-electron chi connectivity index (χ3n) is 1.11. The van der Waals surface area contributed by atoms with Crippen LogP contribution in [-0.4, -0.2) is 9.30 Å². The molecule has 0 N–H and O–H groups in total. The van der Waals surface area contributed by atoms with Gasteiger partial charge in [0.25, 0.3) is 0 Å². The molecule has 0 radical (unpaired) electrons. The van der Waals surface area contributed by atoms with Crippen LogP contribution in [-0.2, 0) is 0 Å². The molecule has 1 aromatic rings. The summed E-state index contributed by atoms with van der Waals surface area (Å²) in [6.45, 7) is 1.94. The van der Waals surface area contributed by atoms with Gasteiger partial charge in [0.1, 0.15) is 0 Å². The summed E-state index contributed by atoms with van der Waals surface area (Å²) in [5, 5.41) is 8.65. The van der Waals surface area contributed by atoms with E-state index in [1.165, 1.54) is 11.5 Å². The first-order chi connectivity index (χ1) is 4.79. The van der Waals surface area contributed by atoms with Gasteiger partial charge in [0, 0.05) is 0 Å². The van der Waals surface area contributed by atoms with Crippen LogP contribution in [0.25, 0.3) is 0 Å². The fraction of sp³-hybridized carbons (Fsp3) is 0.333. The molecule has 54 valence electrons. The standard InChI is InChI=1S/C6H6IN2S/c1-4-5(3-8)6(7-2)9-10-4/h1-2H3/q-1. The van der Waals surface area contributed by atoms with Gasteiger partial charge < -0.3 is 0 Å². The summed E-state index contributed by atoms with van der Waals surface area (Å²) in [6.07, 6.45) is 0. The minimum atomic E-state index is -0.0211. The summed E-state index contributed by atoms with van der Waals surface area (Å²) in [4.78, 5) is 3.17. The summed E-state index contributed by atoms with van der Waals surface area (Å²) in [5.74, 6) is 0. The van der Waals surface area contributed by atoms with E-state index in [4.69, 9.17) is 5.26 Å². The molecule has 0 atom stereocenters. The third kappa shape index (κ3) is 1.30. The summed E-state index contributed by atoms with van der Waals surface area (Å²) >= 11 is 1.41. The SMILES string of the molecule is C[I-]c1nsc(C)c1C#N. The first-order valence-corrected chi connectivity index (χ1v) is 6.66. The van der Waals surface area contributed by atoms with Crippen LogP contribution in [0.3, 0.4) is 0 Å². The van der Waals surface area contributed by atoms with Crippen molar-refractivity contribution in [3.05, 3.63) is 14.1 Å². The van der Waals surface area contributed by atoms with E-state index >= 15 is 0 Å². The Morgan fingerprint density at radius 2 is 2.40 bits per heavy atom. The van der Waals surface area contributed by atoms with Crippen molar-refractivity contribution in [3.63, 3.8) is 0 Å². The molecule has 0 saturated heterocycles. The van der Waals surface area contributed by atoms with Gasteiger partial charge in [-0.1, -0.05) is 0 Å². The van der Waals surface area contributed by atoms with E-state index in [9.17, 15) is 0 Å². The number of aromatic nitrogens is 1. The first-order valence-electron chi connectivity index (χ1n) is 2.65. The Morgan fingerprint density at radius 3 is 2.80 bits per heavy atom. The van der Waals surface area contributed by atoms with Crippen LogP contribution >= 0.6 is 11.5 Å². The van der Waals surface area contributed by atoms with Crippen molar-refractivity contribution in [1.29, 1.82) is 5.26 Å². The van der Waals surface area contributed by atoms with Gasteiger partial charge in [0.2, 0.25) is 0 Å². The van der Waals surface area contributed by atoms with Crippen molar-refractivity contribution in [2.24, 2.45) is 0 Å². The quantitative estimate of drug-likeness (QED) is 0.444. The second-order valence-corrected chi connectivity index (χ2v) is 4.78. The number of hydrogen-bond acceptors (Lipinski definition) is 3. The molecule has 0 fully saturated rings. The Morgan fingerprint density at radius 1 is 1.70 bits per heavy atom. The molecule has 10 heavy (non-hydrogen) atoms. The molecule has 0 aliphatic rings. The van der Waals surface area contributed by atoms with Crippen molar-refractivity contribution >= 4 is 11.5 Å². The van der Waals surface area contributed by atoms with Crippen molar-refractivity contribution in [3.8, 4) is 6.07 Å². The third-order valence-corrected chi connectivity index (χ3v) is 3.99. The van der Waals surface area contributed by atoms with Crippen LogP contribution in [0.2, 0.25) is 0 Å². The van der Waals surface area contributed by atoms with E-state index < -0.39 is 0 Å². The molecule has 0 aliphatic heterocycles. The second-order valence-electron chi connectivity index (χ2n) is 1.71. The Bertz CT molecular complexity index is 274. The van der Waals surface area contributed by atoms with Crippen LogP contribution in [0.5, 0.6) is 0 Å². The van der Waals surface area contributed by atoms with Crippen LogP contribution in [0.15, 0.2) is 0 Å². The predicted octanol–water partition coefficient (Wildman–Crippen LogP) is -1.79. The Balaban J connectivity index is 3.17. The fourth-order valence-corrected chi connectivity index (χ4v) is 3.34. The topological polar surface area (TPSA) is 36.7 Å². The molecule has 1 heterocycles. The summed E-state index contributed by atoms with van der Waals surface area (Å²) < 4.78 is 5.22. The summed E-state index contributed by atoms with van der Waals surface area (Å²) in [6, 6.07) is 2.17. The van der Waals surface area contributed by atoms with Gasteiger partial charge in [0.05, 0.1) is 0 Å². The molecule has 0 unspecified atom stereocenters. The molecule has 0 aromatic carbocycles. The Hall–Kier alpha value is -0.150. The first kappa shape index (κ1) is 7.95. The zero-order valence-corrected chi connectivity index (χ0v) is 8.65. The Labute approximate surface area is 74.3 Å².